The second-order valence-electron chi connectivity index (χ2n) is 5.39. The first-order chi connectivity index (χ1) is 8.78. The van der Waals surface area contributed by atoms with Crippen LogP contribution in [0.3, 0.4) is 0 Å². The van der Waals surface area contributed by atoms with Gasteiger partial charge in [0.1, 0.15) is 23.6 Å². The molecule has 1 aromatic carbocycles. The molecule has 0 bridgehead atoms. The summed E-state index contributed by atoms with van der Waals surface area (Å²) in [4.78, 5) is 23.0. The Hall–Kier alpha value is -1.71. The largest absolute Gasteiger partial charge is 0.460 e. The second-order valence-corrected chi connectivity index (χ2v) is 5.39. The van der Waals surface area contributed by atoms with Crippen LogP contribution in [0.15, 0.2) is 24.3 Å². The smallest absolute Gasteiger partial charge is 0.313 e. The maximum atomic E-state index is 13.3. The van der Waals surface area contributed by atoms with Crippen LogP contribution < -0.4 is 0 Å². The number of hydrogen-bond donors (Lipinski definition) is 0. The molecule has 0 aliphatic rings. The fraction of sp³-hybridized carbons (Fsp3) is 0.467. The standard InChI is InChI=1S/C15H19FO3/c1-15(2,3)19-14(18)10-12(17)9-8-11-6-4-5-7-13(11)16/h4-7H,8-10H2,1-3H3. The van der Waals surface area contributed by atoms with E-state index in [1.54, 1.807) is 39.0 Å². The Balaban J connectivity index is 2.40. The first kappa shape index (κ1) is 15.3. The van der Waals surface area contributed by atoms with Crippen molar-refractivity contribution in [2.45, 2.75) is 45.6 Å². The van der Waals surface area contributed by atoms with Crippen molar-refractivity contribution in [3.63, 3.8) is 0 Å². The number of esters is 1. The van der Waals surface area contributed by atoms with Crippen LogP contribution in [0.5, 0.6) is 0 Å². The number of aryl methyl sites for hydroxylation is 1. The number of ketones is 1. The zero-order valence-electron chi connectivity index (χ0n) is 11.5. The monoisotopic (exact) mass is 266 g/mol. The minimum atomic E-state index is -0.594. The quantitative estimate of drug-likeness (QED) is 0.607. The summed E-state index contributed by atoms with van der Waals surface area (Å²) in [5, 5.41) is 0. The lowest BCUT2D eigenvalue weighted by Gasteiger charge is -2.19. The molecule has 0 aliphatic heterocycles. The normalized spacial score (nSPS) is 11.2. The fourth-order valence-electron chi connectivity index (χ4n) is 1.60. The van der Waals surface area contributed by atoms with E-state index in [0.717, 1.165) is 0 Å². The fourth-order valence-corrected chi connectivity index (χ4v) is 1.60. The predicted octanol–water partition coefficient (Wildman–Crippen LogP) is 3.06. The number of Topliss-reactive ketones (excluding diaryl/α,β-unsaturated/α-hetero) is 1. The van der Waals surface area contributed by atoms with Gasteiger partial charge in [-0.25, -0.2) is 4.39 Å². The van der Waals surface area contributed by atoms with Gasteiger partial charge in [-0.05, 0) is 38.8 Å². The van der Waals surface area contributed by atoms with E-state index in [2.05, 4.69) is 0 Å². The molecule has 0 aromatic heterocycles. The van der Waals surface area contributed by atoms with Crippen LogP contribution in [0.4, 0.5) is 4.39 Å². The molecule has 0 amide bonds. The van der Waals surface area contributed by atoms with E-state index >= 15 is 0 Å². The van der Waals surface area contributed by atoms with Gasteiger partial charge < -0.3 is 4.74 Å². The molecular formula is C15H19FO3. The van der Waals surface area contributed by atoms with Crippen LogP contribution in [-0.2, 0) is 20.7 Å². The third-order valence-corrected chi connectivity index (χ3v) is 2.39. The van der Waals surface area contributed by atoms with Crippen molar-refractivity contribution in [1.82, 2.24) is 0 Å². The number of halogens is 1. The van der Waals surface area contributed by atoms with Gasteiger partial charge in [-0.15, -0.1) is 0 Å². The molecule has 1 aromatic rings. The Bertz CT molecular complexity index is 461. The molecule has 0 radical (unpaired) electrons. The van der Waals surface area contributed by atoms with Crippen molar-refractivity contribution in [2.75, 3.05) is 0 Å². The maximum Gasteiger partial charge on any atom is 0.313 e. The van der Waals surface area contributed by atoms with Crippen molar-refractivity contribution in [3.8, 4) is 0 Å². The molecule has 1 rings (SSSR count). The van der Waals surface area contributed by atoms with Crippen LogP contribution in [0, 0.1) is 5.82 Å². The van der Waals surface area contributed by atoms with Gasteiger partial charge >= 0.3 is 5.97 Å². The molecule has 0 aliphatic carbocycles. The average Bonchev–Trinajstić information content (AvgIpc) is 2.25. The lowest BCUT2D eigenvalue weighted by molar-refractivity contribution is -0.156. The SMILES string of the molecule is CC(C)(C)OC(=O)CC(=O)CCc1ccccc1F. The zero-order chi connectivity index (χ0) is 14.5. The number of hydrogen-bond acceptors (Lipinski definition) is 3. The van der Waals surface area contributed by atoms with Gasteiger partial charge in [-0.2, -0.15) is 0 Å². The summed E-state index contributed by atoms with van der Waals surface area (Å²) in [5.41, 5.74) is -0.108. The van der Waals surface area contributed by atoms with E-state index in [4.69, 9.17) is 4.74 Å². The van der Waals surface area contributed by atoms with Crippen LogP contribution in [0.25, 0.3) is 0 Å². The van der Waals surface area contributed by atoms with Gasteiger partial charge in [0.05, 0.1) is 0 Å². The maximum absolute atomic E-state index is 13.3. The highest BCUT2D eigenvalue weighted by Crippen LogP contribution is 2.12. The molecule has 0 saturated carbocycles. The minimum Gasteiger partial charge on any atom is -0.460 e. The Morgan fingerprint density at radius 3 is 2.42 bits per heavy atom. The molecule has 0 saturated heterocycles. The molecule has 3 nitrogen and oxygen atoms in total. The van der Waals surface area contributed by atoms with E-state index in [1.165, 1.54) is 6.07 Å². The number of ether oxygens (including phenoxy) is 1. The molecule has 0 atom stereocenters. The van der Waals surface area contributed by atoms with Crippen molar-refractivity contribution < 1.29 is 18.7 Å². The topological polar surface area (TPSA) is 43.4 Å². The first-order valence-electron chi connectivity index (χ1n) is 6.25. The summed E-state index contributed by atoms with van der Waals surface area (Å²) in [6.45, 7) is 5.23. The molecule has 4 heteroatoms. The first-order valence-corrected chi connectivity index (χ1v) is 6.25. The molecular weight excluding hydrogens is 247 g/mol. The zero-order valence-corrected chi connectivity index (χ0v) is 11.5. The van der Waals surface area contributed by atoms with Crippen molar-refractivity contribution in [3.05, 3.63) is 35.6 Å². The van der Waals surface area contributed by atoms with E-state index < -0.39 is 11.6 Å². The molecule has 0 heterocycles. The Morgan fingerprint density at radius 2 is 1.84 bits per heavy atom. The number of rotatable bonds is 5. The molecule has 104 valence electrons. The van der Waals surface area contributed by atoms with Crippen LogP contribution in [0.2, 0.25) is 0 Å². The van der Waals surface area contributed by atoms with E-state index in [-0.39, 0.29) is 24.4 Å². The second kappa shape index (κ2) is 6.45. The molecule has 0 fully saturated rings. The van der Waals surface area contributed by atoms with Crippen molar-refractivity contribution in [2.24, 2.45) is 0 Å². The summed E-state index contributed by atoms with van der Waals surface area (Å²) in [5.74, 6) is -1.10. The van der Waals surface area contributed by atoms with Gasteiger partial charge in [0, 0.05) is 6.42 Å². The summed E-state index contributed by atoms with van der Waals surface area (Å²) in [7, 11) is 0. The van der Waals surface area contributed by atoms with Crippen LogP contribution in [0.1, 0.15) is 39.2 Å². The van der Waals surface area contributed by atoms with Gasteiger partial charge in [0.25, 0.3) is 0 Å². The van der Waals surface area contributed by atoms with Crippen molar-refractivity contribution in [1.29, 1.82) is 0 Å². The van der Waals surface area contributed by atoms with E-state index in [9.17, 15) is 14.0 Å². The number of benzene rings is 1. The molecule has 19 heavy (non-hydrogen) atoms. The highest BCUT2D eigenvalue weighted by molar-refractivity contribution is 5.95. The third-order valence-electron chi connectivity index (χ3n) is 2.39. The van der Waals surface area contributed by atoms with E-state index in [1.807, 2.05) is 0 Å². The Morgan fingerprint density at radius 1 is 1.21 bits per heavy atom. The summed E-state index contributed by atoms with van der Waals surface area (Å²) >= 11 is 0. The molecule has 0 N–H and O–H groups in total. The highest BCUT2D eigenvalue weighted by Gasteiger charge is 2.18. The number of carbonyl (C=O) groups is 2. The molecule has 0 spiro atoms. The highest BCUT2D eigenvalue weighted by atomic mass is 19.1. The van der Waals surface area contributed by atoms with E-state index in [0.29, 0.717) is 12.0 Å². The average molecular weight is 266 g/mol. The third kappa shape index (κ3) is 6.13. The van der Waals surface area contributed by atoms with Crippen LogP contribution >= 0.6 is 0 Å². The van der Waals surface area contributed by atoms with Gasteiger partial charge in [-0.3, -0.25) is 9.59 Å². The summed E-state index contributed by atoms with van der Waals surface area (Å²) in [6, 6.07) is 6.31. The van der Waals surface area contributed by atoms with Gasteiger partial charge in [0.15, 0.2) is 0 Å². The lowest BCUT2D eigenvalue weighted by atomic mass is 10.1. The minimum absolute atomic E-state index is 0.139. The lowest BCUT2D eigenvalue weighted by Crippen LogP contribution is -2.25. The summed E-state index contributed by atoms with van der Waals surface area (Å²) in [6.07, 6.45) is 0.181. The Kier molecular flexibility index (Phi) is 5.21. The van der Waals surface area contributed by atoms with Crippen molar-refractivity contribution >= 4 is 11.8 Å². The summed E-state index contributed by atoms with van der Waals surface area (Å²) < 4.78 is 18.4. The predicted molar refractivity (Wildman–Crippen MR) is 70.2 cm³/mol. The van der Waals surface area contributed by atoms with Crippen LogP contribution in [-0.4, -0.2) is 17.4 Å². The van der Waals surface area contributed by atoms with Gasteiger partial charge in [0.2, 0.25) is 0 Å². The number of carbonyl (C=O) groups excluding carboxylic acids is 2. The Labute approximate surface area is 112 Å². The molecule has 0 unspecified atom stereocenters. The van der Waals surface area contributed by atoms with Gasteiger partial charge in [-0.1, -0.05) is 18.2 Å².